The van der Waals surface area contributed by atoms with Crippen molar-refractivity contribution >= 4 is 0 Å². The van der Waals surface area contributed by atoms with Crippen LogP contribution in [-0.2, 0) is 6.42 Å². The molecule has 0 bridgehead atoms. The Bertz CT molecular complexity index is 291. The SMILES string of the molecule is CCCC(CCC)C(Cc1ccncc1)NCC. The molecule has 1 N–H and O–H groups in total. The molecule has 0 aliphatic carbocycles. The maximum atomic E-state index is 4.10. The third-order valence-electron chi connectivity index (χ3n) is 3.56. The van der Waals surface area contributed by atoms with E-state index in [-0.39, 0.29) is 0 Å². The van der Waals surface area contributed by atoms with Crippen LogP contribution in [0.15, 0.2) is 24.5 Å². The van der Waals surface area contributed by atoms with Gasteiger partial charge in [0.25, 0.3) is 0 Å². The van der Waals surface area contributed by atoms with Crippen LogP contribution in [0.4, 0.5) is 0 Å². The Labute approximate surface area is 112 Å². The van der Waals surface area contributed by atoms with Gasteiger partial charge in [-0.1, -0.05) is 33.6 Å². The summed E-state index contributed by atoms with van der Waals surface area (Å²) in [6.07, 6.45) is 10.1. The van der Waals surface area contributed by atoms with Crippen LogP contribution in [0, 0.1) is 5.92 Å². The van der Waals surface area contributed by atoms with E-state index in [1.54, 1.807) is 0 Å². The van der Waals surface area contributed by atoms with Crippen molar-refractivity contribution in [1.82, 2.24) is 10.3 Å². The molecule has 2 nitrogen and oxygen atoms in total. The van der Waals surface area contributed by atoms with Gasteiger partial charge in [0.05, 0.1) is 0 Å². The smallest absolute Gasteiger partial charge is 0.0270 e. The lowest BCUT2D eigenvalue weighted by atomic mass is 9.87. The fourth-order valence-electron chi connectivity index (χ4n) is 2.73. The molecule has 0 saturated heterocycles. The Balaban J connectivity index is 2.66. The second-order valence-electron chi connectivity index (χ2n) is 5.06. The van der Waals surface area contributed by atoms with E-state index in [1.807, 2.05) is 12.4 Å². The standard InChI is InChI=1S/C16H28N2/c1-4-7-15(8-5-2)16(18-6-3)13-14-9-11-17-12-10-14/h9-12,15-16,18H,4-8,13H2,1-3H3. The van der Waals surface area contributed by atoms with Gasteiger partial charge in [-0.25, -0.2) is 0 Å². The normalized spacial score (nSPS) is 12.9. The number of nitrogens with one attached hydrogen (secondary N) is 1. The highest BCUT2D eigenvalue weighted by Crippen LogP contribution is 2.20. The lowest BCUT2D eigenvalue weighted by Gasteiger charge is -2.27. The maximum absolute atomic E-state index is 4.10. The minimum Gasteiger partial charge on any atom is -0.314 e. The van der Waals surface area contributed by atoms with E-state index in [9.17, 15) is 0 Å². The number of likely N-dealkylation sites (N-methyl/N-ethyl adjacent to an activating group) is 1. The van der Waals surface area contributed by atoms with Gasteiger partial charge in [0.1, 0.15) is 0 Å². The molecule has 0 aliphatic rings. The number of hydrogen-bond acceptors (Lipinski definition) is 2. The number of aromatic nitrogens is 1. The van der Waals surface area contributed by atoms with Crippen LogP contribution in [-0.4, -0.2) is 17.6 Å². The second kappa shape index (κ2) is 9.09. The number of hydrogen-bond donors (Lipinski definition) is 1. The summed E-state index contributed by atoms with van der Waals surface area (Å²) in [7, 11) is 0. The molecule has 18 heavy (non-hydrogen) atoms. The molecule has 1 rings (SSSR count). The summed E-state index contributed by atoms with van der Waals surface area (Å²) in [5.74, 6) is 0.799. The van der Waals surface area contributed by atoms with Gasteiger partial charge in [0.2, 0.25) is 0 Å². The quantitative estimate of drug-likeness (QED) is 0.718. The van der Waals surface area contributed by atoms with Gasteiger partial charge < -0.3 is 5.32 Å². The lowest BCUT2D eigenvalue weighted by molar-refractivity contribution is 0.312. The van der Waals surface area contributed by atoms with E-state index < -0.39 is 0 Å². The van der Waals surface area contributed by atoms with Crippen molar-refractivity contribution in [3.63, 3.8) is 0 Å². The first-order valence-electron chi connectivity index (χ1n) is 7.44. The first kappa shape index (κ1) is 15.2. The van der Waals surface area contributed by atoms with Crippen molar-refractivity contribution in [3.8, 4) is 0 Å². The molecule has 1 unspecified atom stereocenters. The molecule has 2 heteroatoms. The molecule has 0 saturated carbocycles. The molecule has 0 spiro atoms. The van der Waals surface area contributed by atoms with Crippen molar-refractivity contribution in [1.29, 1.82) is 0 Å². The largest absolute Gasteiger partial charge is 0.314 e. The van der Waals surface area contributed by atoms with Crippen LogP contribution in [0.2, 0.25) is 0 Å². The molecule has 1 aromatic heterocycles. The van der Waals surface area contributed by atoms with Crippen LogP contribution < -0.4 is 5.32 Å². The molecular weight excluding hydrogens is 220 g/mol. The van der Waals surface area contributed by atoms with Gasteiger partial charge >= 0.3 is 0 Å². The van der Waals surface area contributed by atoms with Gasteiger partial charge in [0, 0.05) is 18.4 Å². The fourth-order valence-corrected chi connectivity index (χ4v) is 2.73. The molecule has 0 radical (unpaired) electrons. The van der Waals surface area contributed by atoms with Gasteiger partial charge in [-0.05, 0) is 49.4 Å². The van der Waals surface area contributed by atoms with Gasteiger partial charge in [-0.3, -0.25) is 4.98 Å². The Morgan fingerprint density at radius 1 is 1.06 bits per heavy atom. The van der Waals surface area contributed by atoms with Crippen LogP contribution in [0.1, 0.15) is 52.0 Å². The van der Waals surface area contributed by atoms with E-state index in [4.69, 9.17) is 0 Å². The summed E-state index contributed by atoms with van der Waals surface area (Å²) >= 11 is 0. The maximum Gasteiger partial charge on any atom is 0.0270 e. The van der Waals surface area contributed by atoms with E-state index in [0.717, 1.165) is 18.9 Å². The molecule has 1 heterocycles. The highest BCUT2D eigenvalue weighted by molar-refractivity contribution is 5.11. The summed E-state index contributed by atoms with van der Waals surface area (Å²) in [5, 5.41) is 3.68. The van der Waals surface area contributed by atoms with Crippen LogP contribution in [0.3, 0.4) is 0 Å². The first-order chi connectivity index (χ1) is 8.81. The average molecular weight is 248 g/mol. The van der Waals surface area contributed by atoms with Crippen molar-refractivity contribution in [2.75, 3.05) is 6.54 Å². The third kappa shape index (κ3) is 5.18. The third-order valence-corrected chi connectivity index (χ3v) is 3.56. The van der Waals surface area contributed by atoms with Gasteiger partial charge in [-0.15, -0.1) is 0 Å². The molecule has 1 aromatic rings. The van der Waals surface area contributed by atoms with E-state index in [0.29, 0.717) is 6.04 Å². The second-order valence-corrected chi connectivity index (χ2v) is 5.06. The van der Waals surface area contributed by atoms with Crippen molar-refractivity contribution in [2.24, 2.45) is 5.92 Å². The Hall–Kier alpha value is -0.890. The highest BCUT2D eigenvalue weighted by atomic mass is 14.9. The van der Waals surface area contributed by atoms with Gasteiger partial charge in [0.15, 0.2) is 0 Å². The minimum absolute atomic E-state index is 0.609. The summed E-state index contributed by atoms with van der Waals surface area (Å²) in [6.45, 7) is 7.84. The van der Waals surface area contributed by atoms with Gasteiger partial charge in [-0.2, -0.15) is 0 Å². The summed E-state index contributed by atoms with van der Waals surface area (Å²) in [4.78, 5) is 4.10. The van der Waals surface area contributed by atoms with Crippen LogP contribution in [0.25, 0.3) is 0 Å². The van der Waals surface area contributed by atoms with Crippen molar-refractivity contribution < 1.29 is 0 Å². The Morgan fingerprint density at radius 2 is 1.67 bits per heavy atom. The van der Waals surface area contributed by atoms with E-state index in [1.165, 1.54) is 31.2 Å². The van der Waals surface area contributed by atoms with Crippen LogP contribution in [0.5, 0.6) is 0 Å². The zero-order valence-electron chi connectivity index (χ0n) is 12.2. The van der Waals surface area contributed by atoms with Crippen molar-refractivity contribution in [2.45, 2.75) is 58.9 Å². The lowest BCUT2D eigenvalue weighted by Crippen LogP contribution is -2.38. The highest BCUT2D eigenvalue weighted by Gasteiger charge is 2.19. The molecular formula is C16H28N2. The molecule has 0 aliphatic heterocycles. The Morgan fingerprint density at radius 3 is 2.17 bits per heavy atom. The number of rotatable bonds is 9. The first-order valence-corrected chi connectivity index (χ1v) is 7.44. The van der Waals surface area contributed by atoms with Crippen LogP contribution >= 0.6 is 0 Å². The molecule has 0 fully saturated rings. The van der Waals surface area contributed by atoms with E-state index >= 15 is 0 Å². The zero-order chi connectivity index (χ0) is 13.2. The molecule has 0 aromatic carbocycles. The average Bonchev–Trinajstić information content (AvgIpc) is 2.39. The minimum atomic E-state index is 0.609. The summed E-state index contributed by atoms with van der Waals surface area (Å²) in [5.41, 5.74) is 1.40. The number of nitrogens with zero attached hydrogens (tertiary/aromatic N) is 1. The molecule has 1 atom stereocenters. The molecule has 0 amide bonds. The summed E-state index contributed by atoms with van der Waals surface area (Å²) < 4.78 is 0. The zero-order valence-corrected chi connectivity index (χ0v) is 12.2. The molecule has 102 valence electrons. The fraction of sp³-hybridized carbons (Fsp3) is 0.688. The van der Waals surface area contributed by atoms with Crippen molar-refractivity contribution in [3.05, 3.63) is 30.1 Å². The van der Waals surface area contributed by atoms with E-state index in [2.05, 4.69) is 43.2 Å². The number of pyridine rings is 1. The predicted molar refractivity (Wildman–Crippen MR) is 78.7 cm³/mol. The Kier molecular flexibility index (Phi) is 7.66. The topological polar surface area (TPSA) is 24.9 Å². The monoisotopic (exact) mass is 248 g/mol. The predicted octanol–water partition coefficient (Wildman–Crippen LogP) is 3.82. The summed E-state index contributed by atoms with van der Waals surface area (Å²) in [6, 6.07) is 4.88.